The lowest BCUT2D eigenvalue weighted by molar-refractivity contribution is -0.153. The van der Waals surface area contributed by atoms with Gasteiger partial charge in [-0.2, -0.15) is 0 Å². The number of hydrogen-bond acceptors (Lipinski definition) is 4. The fourth-order valence-electron chi connectivity index (χ4n) is 2.06. The molecule has 2 aromatic carbocycles. The molecule has 0 saturated carbocycles. The Hall–Kier alpha value is -2.53. The average molecular weight is 362 g/mol. The molecule has 0 aliphatic heterocycles. The molecule has 6 heteroatoms. The monoisotopic (exact) mass is 361 g/mol. The second-order valence-electron chi connectivity index (χ2n) is 5.52. The second kappa shape index (κ2) is 9.08. The van der Waals surface area contributed by atoms with E-state index in [1.807, 2.05) is 31.2 Å². The number of aryl methyl sites for hydroxylation is 1. The zero-order chi connectivity index (χ0) is 18.2. The van der Waals surface area contributed by atoms with Crippen LogP contribution < -0.4 is 10.1 Å². The minimum atomic E-state index is -0.928. The van der Waals surface area contributed by atoms with Crippen molar-refractivity contribution in [3.05, 3.63) is 59.1 Å². The molecule has 0 spiro atoms. The third-order valence-corrected chi connectivity index (χ3v) is 3.70. The standard InChI is InChI=1S/C19H20ClNO4/c1-13-6-5-7-15(12-13)24-11-10-18(22)25-14(2)19(23)21-17-9-4-3-8-16(17)20/h3-9,12,14H,10-11H2,1-2H3,(H,21,23)/t14-/m1/s1. The van der Waals surface area contributed by atoms with E-state index in [9.17, 15) is 9.59 Å². The molecular formula is C19H20ClNO4. The fraction of sp³-hybridized carbons (Fsp3) is 0.263. The summed E-state index contributed by atoms with van der Waals surface area (Å²) in [6.07, 6.45) is -0.875. The fourth-order valence-corrected chi connectivity index (χ4v) is 2.25. The number of anilines is 1. The van der Waals surface area contributed by atoms with Crippen LogP contribution in [-0.4, -0.2) is 24.6 Å². The lowest BCUT2D eigenvalue weighted by Crippen LogP contribution is -2.30. The normalized spacial score (nSPS) is 11.5. The van der Waals surface area contributed by atoms with Crippen molar-refractivity contribution in [2.75, 3.05) is 11.9 Å². The highest BCUT2D eigenvalue weighted by molar-refractivity contribution is 6.33. The number of carbonyl (C=O) groups excluding carboxylic acids is 2. The van der Waals surface area contributed by atoms with Crippen molar-refractivity contribution in [2.45, 2.75) is 26.4 Å². The Balaban J connectivity index is 1.75. The SMILES string of the molecule is Cc1cccc(OCCC(=O)O[C@H](C)C(=O)Nc2ccccc2Cl)c1. The molecule has 1 atom stereocenters. The van der Waals surface area contributed by atoms with Gasteiger partial charge >= 0.3 is 5.97 Å². The molecule has 0 radical (unpaired) electrons. The van der Waals surface area contributed by atoms with Crippen molar-refractivity contribution >= 4 is 29.2 Å². The molecule has 1 N–H and O–H groups in total. The van der Waals surface area contributed by atoms with E-state index in [1.54, 1.807) is 24.3 Å². The molecule has 1 amide bonds. The Morgan fingerprint density at radius 1 is 1.16 bits per heavy atom. The smallest absolute Gasteiger partial charge is 0.310 e. The van der Waals surface area contributed by atoms with Crippen LogP contribution in [0.4, 0.5) is 5.69 Å². The average Bonchev–Trinajstić information content (AvgIpc) is 2.57. The summed E-state index contributed by atoms with van der Waals surface area (Å²) in [7, 11) is 0. The largest absolute Gasteiger partial charge is 0.493 e. The van der Waals surface area contributed by atoms with Crippen LogP contribution in [-0.2, 0) is 14.3 Å². The topological polar surface area (TPSA) is 64.6 Å². The van der Waals surface area contributed by atoms with Crippen LogP contribution in [0.15, 0.2) is 48.5 Å². The molecule has 2 rings (SSSR count). The van der Waals surface area contributed by atoms with Gasteiger partial charge < -0.3 is 14.8 Å². The molecule has 0 saturated heterocycles. The number of nitrogens with one attached hydrogen (secondary N) is 1. The van der Waals surface area contributed by atoms with E-state index in [4.69, 9.17) is 21.1 Å². The van der Waals surface area contributed by atoms with Gasteiger partial charge in [-0.25, -0.2) is 0 Å². The van der Waals surface area contributed by atoms with Crippen LogP contribution in [0.3, 0.4) is 0 Å². The quantitative estimate of drug-likeness (QED) is 0.757. The predicted octanol–water partition coefficient (Wildman–Crippen LogP) is 3.99. The summed E-state index contributed by atoms with van der Waals surface area (Å²) in [5, 5.41) is 3.04. The van der Waals surface area contributed by atoms with Gasteiger partial charge in [0.2, 0.25) is 0 Å². The predicted molar refractivity (Wildman–Crippen MR) is 96.9 cm³/mol. The summed E-state index contributed by atoms with van der Waals surface area (Å²) in [6, 6.07) is 14.4. The van der Waals surface area contributed by atoms with Crippen molar-refractivity contribution in [1.82, 2.24) is 0 Å². The number of amides is 1. The van der Waals surface area contributed by atoms with Crippen LogP contribution in [0.1, 0.15) is 18.9 Å². The summed E-state index contributed by atoms with van der Waals surface area (Å²) < 4.78 is 10.6. The Bertz CT molecular complexity index is 748. The highest BCUT2D eigenvalue weighted by atomic mass is 35.5. The van der Waals surface area contributed by atoms with Crippen molar-refractivity contribution in [3.8, 4) is 5.75 Å². The maximum atomic E-state index is 12.1. The zero-order valence-corrected chi connectivity index (χ0v) is 14.9. The number of carbonyl (C=O) groups is 2. The van der Waals surface area contributed by atoms with Gasteiger partial charge in [-0.15, -0.1) is 0 Å². The molecule has 5 nitrogen and oxygen atoms in total. The highest BCUT2D eigenvalue weighted by Crippen LogP contribution is 2.20. The molecule has 132 valence electrons. The zero-order valence-electron chi connectivity index (χ0n) is 14.1. The van der Waals surface area contributed by atoms with Crippen LogP contribution >= 0.6 is 11.6 Å². The van der Waals surface area contributed by atoms with Crippen molar-refractivity contribution in [2.24, 2.45) is 0 Å². The van der Waals surface area contributed by atoms with E-state index in [2.05, 4.69) is 5.32 Å². The minimum Gasteiger partial charge on any atom is -0.493 e. The number of esters is 1. The number of halogens is 1. The van der Waals surface area contributed by atoms with E-state index in [1.165, 1.54) is 6.92 Å². The molecule has 0 aliphatic carbocycles. The summed E-state index contributed by atoms with van der Waals surface area (Å²) in [5.74, 6) is -0.257. The Morgan fingerprint density at radius 2 is 1.92 bits per heavy atom. The van der Waals surface area contributed by atoms with Crippen LogP contribution in [0.25, 0.3) is 0 Å². The summed E-state index contributed by atoms with van der Waals surface area (Å²) in [4.78, 5) is 23.9. The maximum absolute atomic E-state index is 12.1. The second-order valence-corrected chi connectivity index (χ2v) is 5.92. The number of rotatable bonds is 7. The number of hydrogen-bond donors (Lipinski definition) is 1. The van der Waals surface area contributed by atoms with Gasteiger partial charge in [-0.1, -0.05) is 35.9 Å². The maximum Gasteiger partial charge on any atom is 0.310 e. The Morgan fingerprint density at radius 3 is 2.64 bits per heavy atom. The Labute approximate surface area is 151 Å². The summed E-state index contributed by atoms with van der Waals surface area (Å²) >= 11 is 5.98. The summed E-state index contributed by atoms with van der Waals surface area (Å²) in [5.41, 5.74) is 1.55. The van der Waals surface area contributed by atoms with E-state index in [0.717, 1.165) is 5.56 Å². The molecule has 0 aromatic heterocycles. The highest BCUT2D eigenvalue weighted by Gasteiger charge is 2.18. The van der Waals surface area contributed by atoms with Gasteiger partial charge in [0.25, 0.3) is 5.91 Å². The first-order valence-corrected chi connectivity index (χ1v) is 8.28. The van der Waals surface area contributed by atoms with Gasteiger partial charge in [-0.3, -0.25) is 9.59 Å². The van der Waals surface area contributed by atoms with Crippen molar-refractivity contribution in [1.29, 1.82) is 0 Å². The van der Waals surface area contributed by atoms with Gasteiger partial charge in [-0.05, 0) is 43.7 Å². The van der Waals surface area contributed by atoms with E-state index in [-0.39, 0.29) is 13.0 Å². The molecule has 25 heavy (non-hydrogen) atoms. The van der Waals surface area contributed by atoms with Gasteiger partial charge in [0.15, 0.2) is 6.10 Å². The first-order valence-electron chi connectivity index (χ1n) is 7.90. The van der Waals surface area contributed by atoms with Crippen molar-refractivity contribution in [3.63, 3.8) is 0 Å². The Kier molecular flexibility index (Phi) is 6.83. The van der Waals surface area contributed by atoms with Gasteiger partial charge in [0.1, 0.15) is 5.75 Å². The van der Waals surface area contributed by atoms with Crippen molar-refractivity contribution < 1.29 is 19.1 Å². The third-order valence-electron chi connectivity index (χ3n) is 3.37. The first kappa shape index (κ1) is 18.8. The lowest BCUT2D eigenvalue weighted by Gasteiger charge is -2.14. The first-order chi connectivity index (χ1) is 12.0. The molecule has 0 aliphatic rings. The van der Waals surface area contributed by atoms with Gasteiger partial charge in [0.05, 0.1) is 23.7 Å². The molecular weight excluding hydrogens is 342 g/mol. The van der Waals surface area contributed by atoms with Crippen LogP contribution in [0.5, 0.6) is 5.75 Å². The number of benzene rings is 2. The van der Waals surface area contributed by atoms with E-state index >= 15 is 0 Å². The molecule has 2 aromatic rings. The molecule has 0 bridgehead atoms. The van der Waals surface area contributed by atoms with E-state index in [0.29, 0.717) is 16.5 Å². The van der Waals surface area contributed by atoms with E-state index < -0.39 is 18.0 Å². The molecule has 0 fully saturated rings. The molecule has 0 heterocycles. The lowest BCUT2D eigenvalue weighted by atomic mass is 10.2. The number of ether oxygens (including phenoxy) is 2. The minimum absolute atomic E-state index is 0.0532. The third kappa shape index (κ3) is 6.12. The van der Waals surface area contributed by atoms with Crippen LogP contribution in [0.2, 0.25) is 5.02 Å². The van der Waals surface area contributed by atoms with Crippen LogP contribution in [0, 0.1) is 6.92 Å². The van der Waals surface area contributed by atoms with Gasteiger partial charge in [0, 0.05) is 0 Å². The summed E-state index contributed by atoms with van der Waals surface area (Å²) in [6.45, 7) is 3.65. The number of para-hydroxylation sites is 1. The molecule has 0 unspecified atom stereocenters.